The van der Waals surface area contributed by atoms with Crippen molar-refractivity contribution >= 4 is 6.29 Å². The molecule has 0 N–H and O–H groups in total. The van der Waals surface area contributed by atoms with E-state index in [0.29, 0.717) is 30.0 Å². The van der Waals surface area contributed by atoms with Gasteiger partial charge < -0.3 is 14.0 Å². The summed E-state index contributed by atoms with van der Waals surface area (Å²) in [4.78, 5) is 23.1. The highest BCUT2D eigenvalue weighted by Crippen LogP contribution is 2.32. The number of pyridine rings is 1. The molecule has 110 valence electrons. The Bertz CT molecular complexity index is 719. The molecule has 2 aromatic rings. The first-order chi connectivity index (χ1) is 10.2. The minimum absolute atomic E-state index is 0.146. The molecule has 0 atom stereocenters. The summed E-state index contributed by atoms with van der Waals surface area (Å²) in [5.74, 6) is 1.28. The summed E-state index contributed by atoms with van der Waals surface area (Å²) in [6.07, 6.45) is 0.573. The van der Waals surface area contributed by atoms with Crippen LogP contribution in [0.3, 0.4) is 0 Å². The summed E-state index contributed by atoms with van der Waals surface area (Å²) >= 11 is 0. The molecule has 0 radical (unpaired) electrons. The third-order valence-corrected chi connectivity index (χ3v) is 3.33. The van der Waals surface area contributed by atoms with Crippen LogP contribution in [0.25, 0.3) is 11.3 Å². The van der Waals surface area contributed by atoms with Crippen molar-refractivity contribution in [1.29, 1.82) is 0 Å². The van der Waals surface area contributed by atoms with Gasteiger partial charge in [-0.05, 0) is 31.2 Å². The Hall–Kier alpha value is -2.56. The van der Waals surface area contributed by atoms with Crippen molar-refractivity contribution < 1.29 is 14.3 Å². The average molecular weight is 287 g/mol. The lowest BCUT2D eigenvalue weighted by molar-refractivity contribution is 0.112. The molecule has 0 saturated carbocycles. The maximum Gasteiger partial charge on any atom is 0.261 e. The predicted molar refractivity (Wildman–Crippen MR) is 80.3 cm³/mol. The molecule has 0 fully saturated rings. The molecule has 5 nitrogen and oxygen atoms in total. The molecule has 2 rings (SSSR count). The topological polar surface area (TPSA) is 57.5 Å². The third kappa shape index (κ3) is 2.67. The van der Waals surface area contributed by atoms with E-state index in [2.05, 4.69) is 0 Å². The summed E-state index contributed by atoms with van der Waals surface area (Å²) in [6.45, 7) is 2.32. The first kappa shape index (κ1) is 14.8. The van der Waals surface area contributed by atoms with Crippen LogP contribution in [0.4, 0.5) is 0 Å². The summed E-state index contributed by atoms with van der Waals surface area (Å²) in [7, 11) is 3.14. The van der Waals surface area contributed by atoms with E-state index in [1.54, 1.807) is 37.0 Å². The lowest BCUT2D eigenvalue weighted by atomic mass is 10.1. The second-order valence-corrected chi connectivity index (χ2v) is 4.41. The van der Waals surface area contributed by atoms with Crippen LogP contribution >= 0.6 is 0 Å². The minimum Gasteiger partial charge on any atom is -0.497 e. The smallest absolute Gasteiger partial charge is 0.261 e. The van der Waals surface area contributed by atoms with Gasteiger partial charge in [0.25, 0.3) is 5.56 Å². The van der Waals surface area contributed by atoms with Gasteiger partial charge in [0.15, 0.2) is 6.29 Å². The zero-order valence-electron chi connectivity index (χ0n) is 12.3. The highest BCUT2D eigenvalue weighted by molar-refractivity contribution is 5.76. The molecule has 21 heavy (non-hydrogen) atoms. The highest BCUT2D eigenvalue weighted by atomic mass is 16.5. The lowest BCUT2D eigenvalue weighted by Crippen LogP contribution is -2.24. The van der Waals surface area contributed by atoms with Crippen molar-refractivity contribution in [3.8, 4) is 22.8 Å². The highest BCUT2D eigenvalue weighted by Gasteiger charge is 2.13. The van der Waals surface area contributed by atoms with E-state index < -0.39 is 0 Å². The molecule has 0 aliphatic heterocycles. The molecule has 5 heteroatoms. The number of hydrogen-bond acceptors (Lipinski definition) is 4. The molecule has 0 aliphatic carbocycles. The van der Waals surface area contributed by atoms with Crippen LogP contribution in [0.5, 0.6) is 11.5 Å². The molecule has 0 spiro atoms. The van der Waals surface area contributed by atoms with E-state index in [9.17, 15) is 9.59 Å². The standard InChI is InChI=1S/C16H17NO4/c1-4-17-14(8-5-11(10-18)16(17)19)13-7-6-12(20-2)9-15(13)21-3/h5-10H,4H2,1-3H3. The molecule has 0 unspecified atom stereocenters. The number of methoxy groups -OCH3 is 2. The van der Waals surface area contributed by atoms with Gasteiger partial charge in [0.05, 0.1) is 25.5 Å². The van der Waals surface area contributed by atoms with E-state index in [4.69, 9.17) is 9.47 Å². The Morgan fingerprint density at radius 1 is 1.14 bits per heavy atom. The number of hydrogen-bond donors (Lipinski definition) is 0. The molecule has 0 saturated heterocycles. The number of carbonyl (C=O) groups is 1. The molecular formula is C16H17NO4. The Balaban J connectivity index is 2.70. The summed E-state index contributed by atoms with van der Waals surface area (Å²) in [6, 6.07) is 8.67. The fourth-order valence-electron chi connectivity index (χ4n) is 2.24. The van der Waals surface area contributed by atoms with Crippen molar-refractivity contribution in [3.05, 3.63) is 46.2 Å². The number of nitrogens with zero attached hydrogens (tertiary/aromatic N) is 1. The van der Waals surface area contributed by atoms with E-state index in [1.165, 1.54) is 6.07 Å². The zero-order chi connectivity index (χ0) is 15.4. The maximum atomic E-state index is 12.2. The number of rotatable bonds is 5. The lowest BCUT2D eigenvalue weighted by Gasteiger charge is -2.15. The van der Waals surface area contributed by atoms with Gasteiger partial charge in [-0.3, -0.25) is 9.59 Å². The number of aldehydes is 1. The van der Waals surface area contributed by atoms with E-state index in [1.807, 2.05) is 13.0 Å². The molecule has 1 aromatic carbocycles. The number of carbonyl (C=O) groups excluding carboxylic acids is 1. The van der Waals surface area contributed by atoms with Crippen molar-refractivity contribution in [3.63, 3.8) is 0 Å². The van der Waals surface area contributed by atoms with Crippen LogP contribution in [0.2, 0.25) is 0 Å². The van der Waals surface area contributed by atoms with Crippen LogP contribution in [0, 0.1) is 0 Å². The van der Waals surface area contributed by atoms with E-state index in [0.717, 1.165) is 5.56 Å². The second kappa shape index (κ2) is 6.26. The minimum atomic E-state index is -0.303. The number of aromatic nitrogens is 1. The largest absolute Gasteiger partial charge is 0.497 e. The van der Waals surface area contributed by atoms with Crippen LogP contribution in [-0.2, 0) is 6.54 Å². The van der Waals surface area contributed by atoms with Crippen molar-refractivity contribution in [2.75, 3.05) is 14.2 Å². The molecule has 0 bridgehead atoms. The maximum absolute atomic E-state index is 12.2. The second-order valence-electron chi connectivity index (χ2n) is 4.41. The Kier molecular flexibility index (Phi) is 4.42. The van der Waals surface area contributed by atoms with Gasteiger partial charge in [-0.2, -0.15) is 0 Å². The van der Waals surface area contributed by atoms with Gasteiger partial charge in [-0.25, -0.2) is 0 Å². The van der Waals surface area contributed by atoms with Crippen molar-refractivity contribution in [2.45, 2.75) is 13.5 Å². The first-order valence-electron chi connectivity index (χ1n) is 6.57. The van der Waals surface area contributed by atoms with Gasteiger partial charge in [0.2, 0.25) is 0 Å². The van der Waals surface area contributed by atoms with E-state index >= 15 is 0 Å². The quantitative estimate of drug-likeness (QED) is 0.792. The summed E-state index contributed by atoms with van der Waals surface area (Å²) in [5.41, 5.74) is 1.32. The van der Waals surface area contributed by atoms with Crippen LogP contribution in [-0.4, -0.2) is 25.1 Å². The predicted octanol–water partition coefficient (Wildman–Crippen LogP) is 2.36. The van der Waals surface area contributed by atoms with Gasteiger partial charge in [-0.15, -0.1) is 0 Å². The first-order valence-corrected chi connectivity index (χ1v) is 6.57. The Morgan fingerprint density at radius 3 is 2.48 bits per heavy atom. The number of benzene rings is 1. The van der Waals surface area contributed by atoms with Crippen LogP contribution < -0.4 is 15.0 Å². The van der Waals surface area contributed by atoms with Gasteiger partial charge in [-0.1, -0.05) is 0 Å². The molecule has 1 heterocycles. The third-order valence-electron chi connectivity index (χ3n) is 3.33. The van der Waals surface area contributed by atoms with E-state index in [-0.39, 0.29) is 11.1 Å². The van der Waals surface area contributed by atoms with Crippen LogP contribution in [0.15, 0.2) is 35.1 Å². The Morgan fingerprint density at radius 2 is 1.90 bits per heavy atom. The summed E-state index contributed by atoms with van der Waals surface area (Å²) in [5, 5.41) is 0. The molecular weight excluding hydrogens is 270 g/mol. The van der Waals surface area contributed by atoms with Gasteiger partial charge >= 0.3 is 0 Å². The normalized spacial score (nSPS) is 10.2. The molecule has 0 amide bonds. The molecule has 1 aromatic heterocycles. The Labute approximate surface area is 122 Å². The van der Waals surface area contributed by atoms with Gasteiger partial charge in [0.1, 0.15) is 11.5 Å². The number of ether oxygens (including phenoxy) is 2. The van der Waals surface area contributed by atoms with Crippen molar-refractivity contribution in [1.82, 2.24) is 4.57 Å². The molecule has 0 aliphatic rings. The summed E-state index contributed by atoms with van der Waals surface area (Å²) < 4.78 is 12.1. The van der Waals surface area contributed by atoms with Crippen molar-refractivity contribution in [2.24, 2.45) is 0 Å². The monoisotopic (exact) mass is 287 g/mol. The average Bonchev–Trinajstić information content (AvgIpc) is 2.53. The fraction of sp³-hybridized carbons (Fsp3) is 0.250. The van der Waals surface area contributed by atoms with Crippen LogP contribution in [0.1, 0.15) is 17.3 Å². The fourth-order valence-corrected chi connectivity index (χ4v) is 2.24. The zero-order valence-corrected chi connectivity index (χ0v) is 12.3. The van der Waals surface area contributed by atoms with Gasteiger partial charge in [0, 0.05) is 18.2 Å². The SMILES string of the molecule is CCn1c(-c2ccc(OC)cc2OC)ccc(C=O)c1=O.